The molecule has 0 aliphatic carbocycles. The number of carbonyl (C=O) groups is 1. The van der Waals surface area contributed by atoms with Crippen molar-refractivity contribution >= 4 is 11.7 Å². The Morgan fingerprint density at radius 3 is 2.89 bits per heavy atom. The van der Waals surface area contributed by atoms with Gasteiger partial charge in [-0.3, -0.25) is 0 Å². The van der Waals surface area contributed by atoms with Crippen LogP contribution in [0.5, 0.6) is 0 Å². The zero-order valence-electron chi connectivity index (χ0n) is 10.8. The normalized spacial score (nSPS) is 24.6. The lowest BCUT2D eigenvalue weighted by Crippen LogP contribution is -2.52. The zero-order valence-corrected chi connectivity index (χ0v) is 10.8. The van der Waals surface area contributed by atoms with E-state index in [0.29, 0.717) is 5.56 Å². The fourth-order valence-corrected chi connectivity index (χ4v) is 3.17. The summed E-state index contributed by atoms with van der Waals surface area (Å²) in [5, 5.41) is 0. The highest BCUT2D eigenvalue weighted by molar-refractivity contribution is 5.99. The van der Waals surface area contributed by atoms with Crippen molar-refractivity contribution in [1.82, 2.24) is 0 Å². The molecule has 3 rings (SSSR count). The number of cyclic esters (lactones) is 1. The van der Waals surface area contributed by atoms with Gasteiger partial charge in [0.15, 0.2) is 6.73 Å². The molecule has 0 saturated heterocycles. The average Bonchev–Trinajstić information content (AvgIpc) is 2.27. The van der Waals surface area contributed by atoms with Crippen molar-refractivity contribution in [3.63, 3.8) is 0 Å². The maximum atomic E-state index is 13.6. The third-order valence-corrected chi connectivity index (χ3v) is 3.99. The molecule has 2 aliphatic rings. The lowest BCUT2D eigenvalue weighted by molar-refractivity contribution is 0.0444. The standard InChI is InChI=1S/C14H16FNO2/c1-8-6-14(2,3)16-7-18-13(17)11-5-9(15)4-10(8)12(11)16/h4-5,8H,6-7H2,1-3H3. The summed E-state index contributed by atoms with van der Waals surface area (Å²) in [5.41, 5.74) is 2.05. The molecular formula is C14H16FNO2. The number of esters is 1. The number of rotatable bonds is 0. The summed E-state index contributed by atoms with van der Waals surface area (Å²) in [5.74, 6) is -0.549. The first kappa shape index (κ1) is 11.5. The van der Waals surface area contributed by atoms with E-state index in [1.54, 1.807) is 6.07 Å². The molecule has 0 fully saturated rings. The quantitative estimate of drug-likeness (QED) is 0.662. The van der Waals surface area contributed by atoms with Crippen LogP contribution in [0.4, 0.5) is 10.1 Å². The second kappa shape index (κ2) is 3.46. The van der Waals surface area contributed by atoms with Crippen LogP contribution in [0.1, 0.15) is 49.0 Å². The van der Waals surface area contributed by atoms with Crippen molar-refractivity contribution in [2.45, 2.75) is 38.6 Å². The number of benzene rings is 1. The van der Waals surface area contributed by atoms with E-state index < -0.39 is 5.97 Å². The summed E-state index contributed by atoms with van der Waals surface area (Å²) in [4.78, 5) is 13.8. The Morgan fingerprint density at radius 1 is 1.44 bits per heavy atom. The molecule has 1 aromatic carbocycles. The van der Waals surface area contributed by atoms with E-state index in [4.69, 9.17) is 4.74 Å². The molecular weight excluding hydrogens is 233 g/mol. The highest BCUT2D eigenvalue weighted by Gasteiger charge is 2.42. The number of hydrogen-bond acceptors (Lipinski definition) is 3. The van der Waals surface area contributed by atoms with E-state index in [9.17, 15) is 9.18 Å². The van der Waals surface area contributed by atoms with Crippen molar-refractivity contribution in [3.8, 4) is 0 Å². The van der Waals surface area contributed by atoms with E-state index in [-0.39, 0.29) is 24.0 Å². The zero-order chi connectivity index (χ0) is 13.1. The summed E-state index contributed by atoms with van der Waals surface area (Å²) >= 11 is 0. The smallest absolute Gasteiger partial charge is 0.342 e. The summed E-state index contributed by atoms with van der Waals surface area (Å²) in [6, 6.07) is 2.83. The second-order valence-electron chi connectivity index (χ2n) is 5.80. The van der Waals surface area contributed by atoms with Crippen LogP contribution in [0.15, 0.2) is 12.1 Å². The molecule has 3 nitrogen and oxygen atoms in total. The minimum atomic E-state index is -0.424. The van der Waals surface area contributed by atoms with Gasteiger partial charge in [-0.15, -0.1) is 0 Å². The molecule has 4 heteroatoms. The average molecular weight is 249 g/mol. The van der Waals surface area contributed by atoms with Crippen molar-refractivity contribution in [1.29, 1.82) is 0 Å². The summed E-state index contributed by atoms with van der Waals surface area (Å²) < 4.78 is 18.7. The Morgan fingerprint density at radius 2 is 2.17 bits per heavy atom. The number of hydrogen-bond donors (Lipinski definition) is 0. The van der Waals surface area contributed by atoms with Crippen molar-refractivity contribution in [3.05, 3.63) is 29.1 Å². The number of nitrogens with zero attached hydrogens (tertiary/aromatic N) is 1. The van der Waals surface area contributed by atoms with E-state index in [2.05, 4.69) is 25.7 Å². The van der Waals surface area contributed by atoms with Crippen LogP contribution in [0.25, 0.3) is 0 Å². The van der Waals surface area contributed by atoms with Gasteiger partial charge in [0.2, 0.25) is 0 Å². The molecule has 0 radical (unpaired) electrons. The lowest BCUT2D eigenvalue weighted by atomic mass is 9.79. The molecule has 0 amide bonds. The van der Waals surface area contributed by atoms with Crippen LogP contribution in [-0.4, -0.2) is 18.2 Å². The molecule has 96 valence electrons. The van der Waals surface area contributed by atoms with Crippen molar-refractivity contribution in [2.75, 3.05) is 11.6 Å². The van der Waals surface area contributed by atoms with Crippen LogP contribution in [0.2, 0.25) is 0 Å². The largest absolute Gasteiger partial charge is 0.441 e. The number of anilines is 1. The molecule has 1 atom stereocenters. The van der Waals surface area contributed by atoms with Gasteiger partial charge in [0.05, 0.1) is 11.3 Å². The number of ether oxygens (including phenoxy) is 1. The van der Waals surface area contributed by atoms with E-state index in [0.717, 1.165) is 17.7 Å². The molecule has 2 heterocycles. The van der Waals surface area contributed by atoms with Gasteiger partial charge in [0, 0.05) is 5.54 Å². The summed E-state index contributed by atoms with van der Waals surface area (Å²) in [6.07, 6.45) is 0.917. The SMILES string of the molecule is CC1CC(C)(C)N2COC(=O)c3cc(F)cc1c32. The van der Waals surface area contributed by atoms with Gasteiger partial charge in [0.25, 0.3) is 0 Å². The molecule has 0 N–H and O–H groups in total. The lowest BCUT2D eigenvalue weighted by Gasteiger charge is -2.49. The Labute approximate surface area is 106 Å². The van der Waals surface area contributed by atoms with Crippen LogP contribution in [-0.2, 0) is 4.74 Å². The highest BCUT2D eigenvalue weighted by Crippen LogP contribution is 2.46. The fraction of sp³-hybridized carbons (Fsp3) is 0.500. The first-order valence-electron chi connectivity index (χ1n) is 6.18. The van der Waals surface area contributed by atoms with Gasteiger partial charge in [-0.05, 0) is 43.9 Å². The first-order chi connectivity index (χ1) is 8.40. The topological polar surface area (TPSA) is 29.5 Å². The third kappa shape index (κ3) is 1.44. The van der Waals surface area contributed by atoms with Gasteiger partial charge in [-0.25, -0.2) is 9.18 Å². The first-order valence-corrected chi connectivity index (χ1v) is 6.18. The van der Waals surface area contributed by atoms with E-state index in [1.165, 1.54) is 6.07 Å². The van der Waals surface area contributed by atoms with Crippen LogP contribution >= 0.6 is 0 Å². The van der Waals surface area contributed by atoms with E-state index >= 15 is 0 Å². The number of halogens is 1. The Bertz CT molecular complexity index is 539. The highest BCUT2D eigenvalue weighted by atomic mass is 19.1. The maximum absolute atomic E-state index is 13.6. The van der Waals surface area contributed by atoms with Crippen LogP contribution < -0.4 is 4.90 Å². The van der Waals surface area contributed by atoms with Crippen LogP contribution in [0, 0.1) is 5.82 Å². The van der Waals surface area contributed by atoms with Crippen molar-refractivity contribution in [2.24, 2.45) is 0 Å². The summed E-state index contributed by atoms with van der Waals surface area (Å²) in [6.45, 7) is 6.58. The van der Waals surface area contributed by atoms with Gasteiger partial charge in [-0.2, -0.15) is 0 Å². The molecule has 0 bridgehead atoms. The molecule has 2 aliphatic heterocycles. The van der Waals surface area contributed by atoms with E-state index in [1.807, 2.05) is 0 Å². The summed E-state index contributed by atoms with van der Waals surface area (Å²) in [7, 11) is 0. The molecule has 18 heavy (non-hydrogen) atoms. The third-order valence-electron chi connectivity index (χ3n) is 3.99. The minimum Gasteiger partial charge on any atom is -0.441 e. The monoisotopic (exact) mass is 249 g/mol. The molecule has 0 spiro atoms. The predicted molar refractivity (Wildman–Crippen MR) is 66.3 cm³/mol. The minimum absolute atomic E-state index is 0.0836. The second-order valence-corrected chi connectivity index (χ2v) is 5.80. The number of carbonyl (C=O) groups excluding carboxylic acids is 1. The van der Waals surface area contributed by atoms with Gasteiger partial charge in [0.1, 0.15) is 5.82 Å². The maximum Gasteiger partial charge on any atom is 0.342 e. The fourth-order valence-electron chi connectivity index (χ4n) is 3.17. The Hall–Kier alpha value is -1.58. The molecule has 0 saturated carbocycles. The van der Waals surface area contributed by atoms with Crippen molar-refractivity contribution < 1.29 is 13.9 Å². The van der Waals surface area contributed by atoms with Gasteiger partial charge in [-0.1, -0.05) is 6.92 Å². The molecule has 0 aromatic heterocycles. The van der Waals surface area contributed by atoms with Crippen LogP contribution in [0.3, 0.4) is 0 Å². The van der Waals surface area contributed by atoms with Gasteiger partial charge >= 0.3 is 5.97 Å². The molecule has 1 aromatic rings. The Kier molecular flexibility index (Phi) is 2.22. The Balaban J connectivity index is 2.29. The predicted octanol–water partition coefficient (Wildman–Crippen LogP) is 3.05. The molecule has 1 unspecified atom stereocenters. The van der Waals surface area contributed by atoms with Gasteiger partial charge < -0.3 is 9.64 Å².